The van der Waals surface area contributed by atoms with E-state index in [4.69, 9.17) is 4.11 Å². The zero-order chi connectivity index (χ0) is 9.35. The van der Waals surface area contributed by atoms with Crippen LogP contribution in [0.2, 0.25) is 0 Å². The Morgan fingerprint density at radius 3 is 2.44 bits per heavy atom. The number of hydrogen-bond acceptors (Lipinski definition) is 0. The van der Waals surface area contributed by atoms with Gasteiger partial charge in [-0.25, -0.2) is 0 Å². The summed E-state index contributed by atoms with van der Waals surface area (Å²) in [5.41, 5.74) is 2.36. The maximum absolute atomic E-state index is 7.24. The number of benzene rings is 1. The van der Waals surface area contributed by atoms with Gasteiger partial charge in [0.25, 0.3) is 0 Å². The first kappa shape index (κ1) is 3.40. The molecule has 1 aromatic carbocycles. The molecule has 1 aromatic rings. The van der Waals surface area contributed by atoms with Crippen molar-refractivity contribution in [1.29, 1.82) is 0 Å². The van der Waals surface area contributed by atoms with Crippen molar-refractivity contribution >= 4 is 0 Å². The summed E-state index contributed by atoms with van der Waals surface area (Å²) < 4.78 is 21.7. The summed E-state index contributed by atoms with van der Waals surface area (Å²) in [6.45, 7) is 1.79. The molecule has 0 radical (unpaired) electrons. The minimum Gasteiger partial charge on any atom is -0.0617 e. The van der Waals surface area contributed by atoms with Crippen LogP contribution in [0.5, 0.6) is 0 Å². The van der Waals surface area contributed by atoms with Crippen LogP contribution < -0.4 is 0 Å². The molecule has 1 rings (SSSR count). The van der Waals surface area contributed by atoms with Crippen molar-refractivity contribution in [3.05, 3.63) is 34.9 Å². The molecule has 0 aliphatic rings. The van der Waals surface area contributed by atoms with Crippen molar-refractivity contribution < 1.29 is 4.11 Å². The van der Waals surface area contributed by atoms with Gasteiger partial charge in [-0.05, 0) is 37.4 Å². The fourth-order valence-corrected chi connectivity index (χ4v) is 0.751. The first-order valence-corrected chi connectivity index (χ1v) is 2.99. The molecule has 0 heterocycles. The molecule has 0 spiro atoms. The molecule has 0 atom stereocenters. The molecule has 0 bridgehead atoms. The molecule has 0 unspecified atom stereocenters. The Morgan fingerprint density at radius 1 is 1.22 bits per heavy atom. The fourth-order valence-electron chi connectivity index (χ4n) is 0.751. The Hall–Kier alpha value is -0.780. The average molecular weight is 123 g/mol. The predicted octanol–water partition coefficient (Wildman–Crippen LogP) is 2.61. The van der Waals surface area contributed by atoms with Crippen LogP contribution in [-0.2, 0) is 0 Å². The SMILES string of the molecule is [2H]C([2H])([2H])c1cccc(C)c1C. The quantitative estimate of drug-likeness (QED) is 0.497. The Kier molecular flexibility index (Phi) is 0.839. The van der Waals surface area contributed by atoms with Crippen LogP contribution in [0.3, 0.4) is 0 Å². The zero-order valence-electron chi connectivity index (χ0n) is 8.73. The Labute approximate surface area is 60.7 Å². The van der Waals surface area contributed by atoms with E-state index in [1.807, 2.05) is 19.9 Å². The van der Waals surface area contributed by atoms with Gasteiger partial charge in [0.05, 0.1) is 0 Å². The third-order valence-electron chi connectivity index (χ3n) is 1.60. The molecule has 0 nitrogen and oxygen atoms in total. The highest BCUT2D eigenvalue weighted by Gasteiger charge is 1.91. The molecule has 48 valence electrons. The molecule has 0 N–H and O–H groups in total. The largest absolute Gasteiger partial charge is 0.0617 e. The van der Waals surface area contributed by atoms with Crippen LogP contribution in [0.4, 0.5) is 0 Å². The van der Waals surface area contributed by atoms with E-state index in [1.54, 1.807) is 12.1 Å². The molecule has 0 aliphatic heterocycles. The lowest BCUT2D eigenvalue weighted by molar-refractivity contribution is 1.27. The van der Waals surface area contributed by atoms with Crippen LogP contribution in [0.15, 0.2) is 18.2 Å². The van der Waals surface area contributed by atoms with Crippen molar-refractivity contribution in [2.45, 2.75) is 20.7 Å². The summed E-state index contributed by atoms with van der Waals surface area (Å²) in [6, 6.07) is 5.37. The summed E-state index contributed by atoms with van der Waals surface area (Å²) >= 11 is 0. The monoisotopic (exact) mass is 123 g/mol. The van der Waals surface area contributed by atoms with E-state index in [0.29, 0.717) is 5.56 Å². The second kappa shape index (κ2) is 2.22. The van der Waals surface area contributed by atoms with E-state index in [-0.39, 0.29) is 0 Å². The van der Waals surface area contributed by atoms with Crippen molar-refractivity contribution in [3.63, 3.8) is 0 Å². The first-order valence-electron chi connectivity index (χ1n) is 4.49. The van der Waals surface area contributed by atoms with E-state index >= 15 is 0 Å². The predicted molar refractivity (Wildman–Crippen MR) is 40.7 cm³/mol. The second-order valence-electron chi connectivity index (χ2n) is 2.25. The van der Waals surface area contributed by atoms with Gasteiger partial charge in [-0.15, -0.1) is 0 Å². The summed E-state index contributed by atoms with van der Waals surface area (Å²) in [4.78, 5) is 0. The summed E-state index contributed by atoms with van der Waals surface area (Å²) in [6.07, 6.45) is 0. The molecule has 0 saturated carbocycles. The van der Waals surface area contributed by atoms with Gasteiger partial charge in [0.15, 0.2) is 0 Å². The van der Waals surface area contributed by atoms with Gasteiger partial charge in [-0.3, -0.25) is 0 Å². The molecule has 0 heteroatoms. The second-order valence-corrected chi connectivity index (χ2v) is 2.25. The van der Waals surface area contributed by atoms with Crippen LogP contribution in [0.1, 0.15) is 20.8 Å². The Balaban J connectivity index is 3.26. The summed E-state index contributed by atoms with van der Waals surface area (Å²) in [5, 5.41) is 0. The van der Waals surface area contributed by atoms with Gasteiger partial charge >= 0.3 is 0 Å². The molecular weight excluding hydrogens is 108 g/mol. The van der Waals surface area contributed by atoms with Gasteiger partial charge in [0, 0.05) is 4.11 Å². The third-order valence-corrected chi connectivity index (χ3v) is 1.60. The smallest absolute Gasteiger partial charge is 0.0280 e. The molecule has 0 amide bonds. The first-order chi connectivity index (χ1) is 5.43. The van der Waals surface area contributed by atoms with Crippen LogP contribution in [0, 0.1) is 20.7 Å². The molecule has 0 aromatic heterocycles. The minimum atomic E-state index is -1.98. The lowest BCUT2D eigenvalue weighted by Crippen LogP contribution is -1.82. The van der Waals surface area contributed by atoms with Crippen LogP contribution in [-0.4, -0.2) is 0 Å². The van der Waals surface area contributed by atoms with E-state index in [1.165, 1.54) is 0 Å². The standard InChI is InChI=1S/C9H12/c1-7-5-4-6-8(2)9(7)3/h4-6H,1-3H3/i1D3. The highest BCUT2D eigenvalue weighted by atomic mass is 14.0. The van der Waals surface area contributed by atoms with Gasteiger partial charge in [0.2, 0.25) is 0 Å². The third kappa shape index (κ3) is 1.13. The zero-order valence-corrected chi connectivity index (χ0v) is 5.73. The van der Waals surface area contributed by atoms with Crippen molar-refractivity contribution in [1.82, 2.24) is 0 Å². The van der Waals surface area contributed by atoms with Gasteiger partial charge < -0.3 is 0 Å². The van der Waals surface area contributed by atoms with E-state index in [9.17, 15) is 0 Å². The maximum atomic E-state index is 7.24. The molecule has 9 heavy (non-hydrogen) atoms. The molecular formula is C9H12. The minimum absolute atomic E-state index is 0.461. The fraction of sp³-hybridized carbons (Fsp3) is 0.333. The van der Waals surface area contributed by atoms with Gasteiger partial charge in [0.1, 0.15) is 0 Å². The molecule has 0 fully saturated rings. The average Bonchev–Trinajstić information content (AvgIpc) is 1.92. The lowest BCUT2D eigenvalue weighted by atomic mass is 10.1. The van der Waals surface area contributed by atoms with Crippen molar-refractivity contribution in [2.24, 2.45) is 0 Å². The molecule has 0 saturated heterocycles. The Bertz CT molecular complexity index is 286. The summed E-state index contributed by atoms with van der Waals surface area (Å²) in [7, 11) is 0. The maximum Gasteiger partial charge on any atom is 0.0280 e. The van der Waals surface area contributed by atoms with E-state index < -0.39 is 6.85 Å². The molecule has 0 aliphatic carbocycles. The van der Waals surface area contributed by atoms with Crippen LogP contribution >= 0.6 is 0 Å². The summed E-state index contributed by atoms with van der Waals surface area (Å²) in [5.74, 6) is 0. The van der Waals surface area contributed by atoms with Crippen LogP contribution in [0.25, 0.3) is 0 Å². The van der Waals surface area contributed by atoms with E-state index in [0.717, 1.165) is 11.1 Å². The number of hydrogen-bond donors (Lipinski definition) is 0. The highest BCUT2D eigenvalue weighted by Crippen LogP contribution is 2.09. The highest BCUT2D eigenvalue weighted by molar-refractivity contribution is 5.31. The number of rotatable bonds is 0. The van der Waals surface area contributed by atoms with Crippen molar-refractivity contribution in [2.75, 3.05) is 0 Å². The van der Waals surface area contributed by atoms with Crippen molar-refractivity contribution in [3.8, 4) is 0 Å². The topological polar surface area (TPSA) is 0 Å². The Morgan fingerprint density at radius 2 is 1.89 bits per heavy atom. The van der Waals surface area contributed by atoms with Gasteiger partial charge in [-0.1, -0.05) is 18.2 Å². The number of aryl methyl sites for hydroxylation is 2. The van der Waals surface area contributed by atoms with E-state index in [2.05, 4.69) is 0 Å². The lowest BCUT2D eigenvalue weighted by Gasteiger charge is -2.00. The normalized spacial score (nSPS) is 16.0. The van der Waals surface area contributed by atoms with Gasteiger partial charge in [-0.2, -0.15) is 0 Å².